The molecule has 0 bridgehead atoms. The molecule has 0 aromatic heterocycles. The average Bonchev–Trinajstić information content (AvgIpc) is 2.05. The lowest BCUT2D eigenvalue weighted by Gasteiger charge is -2.16. The molecule has 0 unspecified atom stereocenters. The molecule has 0 fully saturated rings. The fraction of sp³-hybridized carbons (Fsp3) is 1.00. The van der Waals surface area contributed by atoms with Crippen molar-refractivity contribution in [2.45, 2.75) is 27.2 Å². The van der Waals surface area contributed by atoms with Gasteiger partial charge in [0.25, 0.3) is 0 Å². The van der Waals surface area contributed by atoms with Crippen molar-refractivity contribution in [1.82, 2.24) is 0 Å². The molecule has 0 saturated heterocycles. The van der Waals surface area contributed by atoms with Gasteiger partial charge in [-0.3, -0.25) is 0 Å². The summed E-state index contributed by atoms with van der Waals surface area (Å²) in [7, 11) is 0. The quantitative estimate of drug-likeness (QED) is 0.565. The van der Waals surface area contributed by atoms with Crippen LogP contribution in [-0.4, -0.2) is 35.1 Å². The molecule has 11 heavy (non-hydrogen) atoms. The van der Waals surface area contributed by atoms with Gasteiger partial charge in [0.2, 0.25) is 0 Å². The summed E-state index contributed by atoms with van der Waals surface area (Å²) in [6.07, 6.45) is 0.875. The molecule has 70 valence electrons. The van der Waals surface area contributed by atoms with Crippen LogP contribution in [0.25, 0.3) is 0 Å². The number of hydrogen-bond donors (Lipinski definition) is 3. The maximum atomic E-state index is 8.43. The molecule has 0 amide bonds. The summed E-state index contributed by atoms with van der Waals surface area (Å²) in [5.41, 5.74) is -0.306. The number of rotatable bonds is 3. The monoisotopic (exact) mass is 164 g/mol. The van der Waals surface area contributed by atoms with E-state index in [1.807, 2.05) is 6.92 Å². The number of aliphatic hydroxyl groups excluding tert-OH is 3. The van der Waals surface area contributed by atoms with Crippen LogP contribution in [0.5, 0.6) is 0 Å². The second-order valence-corrected chi connectivity index (χ2v) is 3.20. The van der Waals surface area contributed by atoms with Crippen LogP contribution in [0.15, 0.2) is 0 Å². The van der Waals surface area contributed by atoms with Crippen molar-refractivity contribution in [3.05, 3.63) is 0 Å². The Morgan fingerprint density at radius 1 is 1.00 bits per heavy atom. The van der Waals surface area contributed by atoms with E-state index in [0.717, 1.165) is 6.42 Å². The van der Waals surface area contributed by atoms with Gasteiger partial charge in [-0.25, -0.2) is 0 Å². The van der Waals surface area contributed by atoms with Gasteiger partial charge in [0, 0.05) is 12.0 Å². The molecule has 0 rings (SSSR count). The summed E-state index contributed by atoms with van der Waals surface area (Å²) < 4.78 is 0. The van der Waals surface area contributed by atoms with Crippen LogP contribution in [0.3, 0.4) is 0 Å². The molecule has 0 heterocycles. The van der Waals surface area contributed by atoms with Crippen LogP contribution < -0.4 is 0 Å². The summed E-state index contributed by atoms with van der Waals surface area (Å²) in [4.78, 5) is 0. The molecule has 0 aliphatic rings. The van der Waals surface area contributed by atoms with Crippen molar-refractivity contribution in [2.24, 2.45) is 5.41 Å². The van der Waals surface area contributed by atoms with Gasteiger partial charge in [-0.05, 0) is 6.42 Å². The third-order valence-corrected chi connectivity index (χ3v) is 1.08. The van der Waals surface area contributed by atoms with Crippen LogP contribution in [0, 0.1) is 5.41 Å². The zero-order valence-electron chi connectivity index (χ0n) is 7.67. The summed E-state index contributed by atoms with van der Waals surface area (Å²) >= 11 is 0. The van der Waals surface area contributed by atoms with Crippen LogP contribution >= 0.6 is 0 Å². The van der Waals surface area contributed by atoms with E-state index in [2.05, 4.69) is 0 Å². The molecule has 3 heteroatoms. The zero-order chi connectivity index (χ0) is 9.33. The summed E-state index contributed by atoms with van der Waals surface area (Å²) in [5.74, 6) is 0. The third kappa shape index (κ3) is 13.0. The first kappa shape index (κ1) is 13.5. The van der Waals surface area contributed by atoms with Gasteiger partial charge in [-0.15, -0.1) is 0 Å². The highest BCUT2D eigenvalue weighted by molar-refractivity contribution is 4.62. The van der Waals surface area contributed by atoms with E-state index in [4.69, 9.17) is 15.3 Å². The molecule has 3 nitrogen and oxygen atoms in total. The predicted octanol–water partition coefficient (Wildman–Crippen LogP) is 0.386. The fourth-order valence-corrected chi connectivity index (χ4v) is 0.0500. The second kappa shape index (κ2) is 7.98. The average molecular weight is 164 g/mol. The first-order valence-electron chi connectivity index (χ1n) is 3.86. The number of hydrogen-bond acceptors (Lipinski definition) is 3. The van der Waals surface area contributed by atoms with Crippen LogP contribution in [-0.2, 0) is 0 Å². The predicted molar refractivity (Wildman–Crippen MR) is 45.3 cm³/mol. The second-order valence-electron chi connectivity index (χ2n) is 3.20. The lowest BCUT2D eigenvalue weighted by atomic mass is 9.97. The Balaban J connectivity index is 0. The highest BCUT2D eigenvalue weighted by atomic mass is 16.3. The Bertz CT molecular complexity index is 63.7. The van der Waals surface area contributed by atoms with Crippen LogP contribution in [0.1, 0.15) is 27.2 Å². The van der Waals surface area contributed by atoms with Crippen molar-refractivity contribution in [3.63, 3.8) is 0 Å². The normalized spacial score (nSPS) is 10.4. The smallest absolute Gasteiger partial charge is 0.0504 e. The maximum Gasteiger partial charge on any atom is 0.0504 e. The molecule has 0 aromatic rings. The van der Waals surface area contributed by atoms with Gasteiger partial charge >= 0.3 is 0 Å². The Kier molecular flexibility index (Phi) is 9.77. The van der Waals surface area contributed by atoms with E-state index in [-0.39, 0.29) is 18.6 Å². The third-order valence-electron chi connectivity index (χ3n) is 1.08. The summed E-state index contributed by atoms with van der Waals surface area (Å²) in [5, 5.41) is 24.7. The molecule has 0 aliphatic carbocycles. The van der Waals surface area contributed by atoms with E-state index < -0.39 is 0 Å². The zero-order valence-corrected chi connectivity index (χ0v) is 7.67. The Labute approximate surface area is 68.7 Å². The van der Waals surface area contributed by atoms with E-state index >= 15 is 0 Å². The Morgan fingerprint density at radius 3 is 1.27 bits per heavy atom. The van der Waals surface area contributed by atoms with Crippen molar-refractivity contribution in [3.8, 4) is 0 Å². The molecule has 3 N–H and O–H groups in total. The maximum absolute atomic E-state index is 8.43. The first-order chi connectivity index (χ1) is 5.04. The fourth-order valence-electron chi connectivity index (χ4n) is 0.0500. The first-order valence-corrected chi connectivity index (χ1v) is 3.86. The molecule has 0 saturated carbocycles. The van der Waals surface area contributed by atoms with Gasteiger partial charge < -0.3 is 15.3 Å². The van der Waals surface area contributed by atoms with E-state index in [1.165, 1.54) is 0 Å². The minimum atomic E-state index is -0.306. The van der Waals surface area contributed by atoms with Crippen molar-refractivity contribution in [2.75, 3.05) is 19.8 Å². The lowest BCUT2D eigenvalue weighted by molar-refractivity contribution is 0.0857. The highest BCUT2D eigenvalue weighted by Crippen LogP contribution is 2.10. The van der Waals surface area contributed by atoms with Gasteiger partial charge in [0.05, 0.1) is 13.2 Å². The molecule has 0 radical (unpaired) electrons. The molecular weight excluding hydrogens is 144 g/mol. The highest BCUT2D eigenvalue weighted by Gasteiger charge is 2.13. The van der Waals surface area contributed by atoms with Crippen molar-refractivity contribution < 1.29 is 15.3 Å². The summed E-state index contributed by atoms with van der Waals surface area (Å²) in [6, 6.07) is 0. The van der Waals surface area contributed by atoms with Gasteiger partial charge in [-0.2, -0.15) is 0 Å². The largest absolute Gasteiger partial charge is 0.396 e. The summed E-state index contributed by atoms with van der Waals surface area (Å²) in [6.45, 7) is 5.94. The SMILES string of the molecule is CC(C)(CO)CO.CCCO. The molecular formula is C8H20O3. The Morgan fingerprint density at radius 2 is 1.27 bits per heavy atom. The van der Waals surface area contributed by atoms with E-state index in [1.54, 1.807) is 13.8 Å². The minimum absolute atomic E-state index is 0.0451. The van der Waals surface area contributed by atoms with E-state index in [0.29, 0.717) is 6.61 Å². The molecule has 0 spiro atoms. The van der Waals surface area contributed by atoms with Gasteiger partial charge in [0.1, 0.15) is 0 Å². The van der Waals surface area contributed by atoms with Gasteiger partial charge in [-0.1, -0.05) is 20.8 Å². The minimum Gasteiger partial charge on any atom is -0.396 e. The Hall–Kier alpha value is -0.120. The molecule has 0 atom stereocenters. The lowest BCUT2D eigenvalue weighted by Crippen LogP contribution is -2.20. The van der Waals surface area contributed by atoms with Crippen LogP contribution in [0.2, 0.25) is 0 Å². The standard InChI is InChI=1S/C5H12O2.C3H8O/c1-5(2,3-6)4-7;1-2-3-4/h6-7H,3-4H2,1-2H3;4H,2-3H2,1H3. The topological polar surface area (TPSA) is 60.7 Å². The number of aliphatic hydroxyl groups is 3. The van der Waals surface area contributed by atoms with Crippen LogP contribution in [0.4, 0.5) is 0 Å². The van der Waals surface area contributed by atoms with Crippen molar-refractivity contribution >= 4 is 0 Å². The van der Waals surface area contributed by atoms with Crippen molar-refractivity contribution in [1.29, 1.82) is 0 Å². The molecule has 0 aromatic carbocycles. The van der Waals surface area contributed by atoms with E-state index in [9.17, 15) is 0 Å². The van der Waals surface area contributed by atoms with Gasteiger partial charge in [0.15, 0.2) is 0 Å². The molecule has 0 aliphatic heterocycles.